The van der Waals surface area contributed by atoms with Crippen LogP contribution in [0.4, 0.5) is 5.69 Å². The summed E-state index contributed by atoms with van der Waals surface area (Å²) in [5.74, 6) is 0. The number of fused-ring (bicyclic) bond motifs is 5. The van der Waals surface area contributed by atoms with Crippen molar-refractivity contribution in [2.75, 3.05) is 45.1 Å². The maximum absolute atomic E-state index is 6.42. The van der Waals surface area contributed by atoms with E-state index in [0.29, 0.717) is 0 Å². The van der Waals surface area contributed by atoms with Crippen LogP contribution in [0.15, 0.2) is 66.7 Å². The Hall–Kier alpha value is -2.66. The Morgan fingerprint density at radius 3 is 2.29 bits per heavy atom. The highest BCUT2D eigenvalue weighted by molar-refractivity contribution is 6.17. The Labute approximate surface area is 184 Å². The van der Waals surface area contributed by atoms with Crippen molar-refractivity contribution in [2.45, 2.75) is 19.0 Å². The molecule has 1 unspecified atom stereocenters. The topological polar surface area (TPSA) is 44.5 Å². The molecule has 4 heteroatoms. The molecule has 4 nitrogen and oxygen atoms in total. The number of benzene rings is 4. The van der Waals surface area contributed by atoms with E-state index in [4.69, 9.17) is 5.73 Å². The van der Waals surface area contributed by atoms with Crippen LogP contribution < -0.4 is 11.1 Å². The molecule has 1 aliphatic rings. The van der Waals surface area contributed by atoms with Crippen LogP contribution >= 0.6 is 0 Å². The number of anilines is 1. The van der Waals surface area contributed by atoms with Gasteiger partial charge >= 0.3 is 0 Å². The Balaban J connectivity index is 1.25. The van der Waals surface area contributed by atoms with Crippen molar-refractivity contribution < 1.29 is 0 Å². The van der Waals surface area contributed by atoms with Crippen molar-refractivity contribution in [2.24, 2.45) is 5.73 Å². The zero-order valence-corrected chi connectivity index (χ0v) is 18.3. The molecule has 1 aliphatic heterocycles. The van der Waals surface area contributed by atoms with Gasteiger partial charge in [0.1, 0.15) is 0 Å². The molecule has 0 bridgehead atoms. The summed E-state index contributed by atoms with van der Waals surface area (Å²) >= 11 is 0. The summed E-state index contributed by atoms with van der Waals surface area (Å²) in [6.07, 6.45) is 2.28. The molecule has 160 valence electrons. The predicted octanol–water partition coefficient (Wildman–Crippen LogP) is 4.87. The van der Waals surface area contributed by atoms with Crippen LogP contribution in [-0.4, -0.2) is 55.7 Å². The third kappa shape index (κ3) is 4.24. The lowest BCUT2D eigenvalue weighted by Crippen LogP contribution is -2.52. The molecule has 0 aromatic heterocycles. The quantitative estimate of drug-likeness (QED) is 0.350. The molecular formula is C27H32N4. The van der Waals surface area contributed by atoms with E-state index in [2.05, 4.69) is 88.9 Å². The molecule has 3 N–H and O–H groups in total. The molecule has 0 spiro atoms. The van der Waals surface area contributed by atoms with Gasteiger partial charge in [0.15, 0.2) is 0 Å². The number of rotatable bonds is 6. The number of hydrogen-bond acceptors (Lipinski definition) is 4. The smallest absolute Gasteiger partial charge is 0.0573 e. The normalized spacial score (nSPS) is 16.8. The molecule has 0 saturated carbocycles. The first-order valence-corrected chi connectivity index (χ1v) is 11.5. The average molecular weight is 413 g/mol. The Morgan fingerprint density at radius 1 is 0.806 bits per heavy atom. The summed E-state index contributed by atoms with van der Waals surface area (Å²) in [6, 6.07) is 24.3. The van der Waals surface area contributed by atoms with Crippen molar-refractivity contribution >= 4 is 38.0 Å². The van der Waals surface area contributed by atoms with Crippen LogP contribution in [0, 0.1) is 0 Å². The summed E-state index contributed by atoms with van der Waals surface area (Å²) in [6.45, 7) is 5.35. The number of nitrogens with zero attached hydrogens (tertiary/aromatic N) is 2. The van der Waals surface area contributed by atoms with Gasteiger partial charge in [-0.1, -0.05) is 54.6 Å². The van der Waals surface area contributed by atoms with Crippen molar-refractivity contribution in [3.8, 4) is 0 Å². The summed E-state index contributed by atoms with van der Waals surface area (Å²) in [5, 5.41) is 11.4. The maximum Gasteiger partial charge on any atom is 0.0573 e. The second-order valence-electron chi connectivity index (χ2n) is 8.86. The lowest BCUT2D eigenvalue weighted by molar-refractivity contribution is 0.109. The zero-order chi connectivity index (χ0) is 21.2. The minimum atomic E-state index is 0.174. The third-order valence-electron chi connectivity index (χ3n) is 6.75. The zero-order valence-electron chi connectivity index (χ0n) is 18.3. The van der Waals surface area contributed by atoms with Gasteiger partial charge < -0.3 is 16.0 Å². The minimum absolute atomic E-state index is 0.174. The van der Waals surface area contributed by atoms with E-state index in [0.717, 1.165) is 45.6 Å². The van der Waals surface area contributed by atoms with Gasteiger partial charge in [0.25, 0.3) is 0 Å². The highest BCUT2D eigenvalue weighted by Gasteiger charge is 2.18. The van der Waals surface area contributed by atoms with Crippen molar-refractivity contribution in [1.82, 2.24) is 9.80 Å². The van der Waals surface area contributed by atoms with E-state index < -0.39 is 0 Å². The maximum atomic E-state index is 6.42. The molecule has 0 radical (unpaired) electrons. The largest absolute Gasteiger partial charge is 0.385 e. The molecule has 0 amide bonds. The molecule has 4 aromatic rings. The van der Waals surface area contributed by atoms with Crippen LogP contribution in [0.25, 0.3) is 32.3 Å². The highest BCUT2D eigenvalue weighted by Crippen LogP contribution is 2.32. The number of nitrogens with two attached hydrogens (primary N) is 1. The number of likely N-dealkylation sites (N-methyl/N-ethyl adjacent to an activating group) is 1. The van der Waals surface area contributed by atoms with E-state index in [1.165, 1.54) is 38.0 Å². The Morgan fingerprint density at radius 2 is 1.48 bits per heavy atom. The Bertz CT molecular complexity index is 1190. The van der Waals surface area contributed by atoms with Crippen molar-refractivity contribution in [1.29, 1.82) is 0 Å². The molecule has 1 saturated heterocycles. The molecule has 0 aliphatic carbocycles. The van der Waals surface area contributed by atoms with Gasteiger partial charge in [-0.05, 0) is 64.3 Å². The molecular weight excluding hydrogens is 380 g/mol. The van der Waals surface area contributed by atoms with E-state index >= 15 is 0 Å². The van der Waals surface area contributed by atoms with Gasteiger partial charge in [0.2, 0.25) is 0 Å². The fourth-order valence-electron chi connectivity index (χ4n) is 4.82. The fourth-order valence-corrected chi connectivity index (χ4v) is 4.82. The second-order valence-corrected chi connectivity index (χ2v) is 8.86. The standard InChI is InChI=1S/C27H32N4/c1-30-15-17-31(18-16-30)27(28)7-4-14-29-22-10-13-24-21(19-22)9-12-25-23-6-3-2-5-20(23)8-11-26(24)25/h2-3,5-6,8-13,19,27,29H,4,7,14-18,28H2,1H3. The van der Waals surface area contributed by atoms with E-state index in [-0.39, 0.29) is 6.17 Å². The third-order valence-corrected chi connectivity index (χ3v) is 6.75. The number of piperazine rings is 1. The molecule has 1 fully saturated rings. The van der Waals surface area contributed by atoms with E-state index in [1.54, 1.807) is 0 Å². The van der Waals surface area contributed by atoms with Crippen LogP contribution in [0.2, 0.25) is 0 Å². The van der Waals surface area contributed by atoms with Crippen LogP contribution in [0.1, 0.15) is 12.8 Å². The summed E-state index contributed by atoms with van der Waals surface area (Å²) in [5.41, 5.74) is 7.60. The Kier molecular flexibility index (Phi) is 5.77. The van der Waals surface area contributed by atoms with Crippen LogP contribution in [0.5, 0.6) is 0 Å². The summed E-state index contributed by atoms with van der Waals surface area (Å²) < 4.78 is 0. The minimum Gasteiger partial charge on any atom is -0.385 e. The first kappa shape index (κ1) is 20.3. The van der Waals surface area contributed by atoms with Crippen molar-refractivity contribution in [3.63, 3.8) is 0 Å². The molecule has 1 atom stereocenters. The van der Waals surface area contributed by atoms with Gasteiger partial charge in [-0.2, -0.15) is 0 Å². The first-order chi connectivity index (χ1) is 15.2. The van der Waals surface area contributed by atoms with Crippen LogP contribution in [-0.2, 0) is 0 Å². The number of nitrogens with one attached hydrogen (secondary N) is 1. The van der Waals surface area contributed by atoms with Crippen LogP contribution in [0.3, 0.4) is 0 Å². The van der Waals surface area contributed by atoms with Gasteiger partial charge in [0.05, 0.1) is 6.17 Å². The number of hydrogen-bond donors (Lipinski definition) is 2. The lowest BCUT2D eigenvalue weighted by atomic mass is 9.97. The molecule has 4 aromatic carbocycles. The average Bonchev–Trinajstić information content (AvgIpc) is 2.81. The van der Waals surface area contributed by atoms with Gasteiger partial charge in [-0.15, -0.1) is 0 Å². The summed E-state index contributed by atoms with van der Waals surface area (Å²) in [4.78, 5) is 4.79. The van der Waals surface area contributed by atoms with Gasteiger partial charge in [0, 0.05) is 38.4 Å². The first-order valence-electron chi connectivity index (χ1n) is 11.5. The van der Waals surface area contributed by atoms with E-state index in [1.807, 2.05) is 0 Å². The monoisotopic (exact) mass is 412 g/mol. The van der Waals surface area contributed by atoms with Gasteiger partial charge in [-0.25, -0.2) is 0 Å². The highest BCUT2D eigenvalue weighted by atomic mass is 15.3. The van der Waals surface area contributed by atoms with Gasteiger partial charge in [-0.3, -0.25) is 4.90 Å². The second kappa shape index (κ2) is 8.83. The lowest BCUT2D eigenvalue weighted by Gasteiger charge is -2.36. The predicted molar refractivity (Wildman–Crippen MR) is 134 cm³/mol. The molecule has 1 heterocycles. The SMILES string of the molecule is CN1CCN(C(N)CCCNc2ccc3c(ccc4c5ccccc5ccc34)c2)CC1. The van der Waals surface area contributed by atoms with Crippen molar-refractivity contribution in [3.05, 3.63) is 66.7 Å². The fraction of sp³-hybridized carbons (Fsp3) is 0.333. The summed E-state index contributed by atoms with van der Waals surface area (Å²) in [7, 11) is 2.18. The molecule has 5 rings (SSSR count). The van der Waals surface area contributed by atoms with E-state index in [9.17, 15) is 0 Å². The molecule has 31 heavy (non-hydrogen) atoms.